The van der Waals surface area contributed by atoms with Gasteiger partial charge in [0.15, 0.2) is 0 Å². The van der Waals surface area contributed by atoms with Gasteiger partial charge in [0, 0.05) is 28.7 Å². The first-order valence-electron chi connectivity index (χ1n) is 8.17. The van der Waals surface area contributed by atoms with E-state index < -0.39 is 0 Å². The van der Waals surface area contributed by atoms with Crippen molar-refractivity contribution in [1.82, 2.24) is 14.5 Å². The van der Waals surface area contributed by atoms with Gasteiger partial charge >= 0.3 is 0 Å². The summed E-state index contributed by atoms with van der Waals surface area (Å²) in [5.74, 6) is 0.284. The van der Waals surface area contributed by atoms with Crippen LogP contribution < -0.4 is 0 Å². The Morgan fingerprint density at radius 3 is 2.71 bits per heavy atom. The summed E-state index contributed by atoms with van der Waals surface area (Å²) in [5.41, 5.74) is 4.86. The van der Waals surface area contributed by atoms with E-state index in [1.807, 2.05) is 12.1 Å². The van der Waals surface area contributed by atoms with Crippen LogP contribution >= 0.6 is 11.6 Å². The highest BCUT2D eigenvalue weighted by molar-refractivity contribution is 6.28. The topological polar surface area (TPSA) is 54.5 Å². The highest BCUT2D eigenvalue weighted by Crippen LogP contribution is 2.43. The van der Waals surface area contributed by atoms with E-state index in [-0.39, 0.29) is 11.2 Å². The average molecular weight is 337 g/mol. The molecule has 0 bridgehead atoms. The van der Waals surface area contributed by atoms with Crippen molar-refractivity contribution in [3.63, 3.8) is 0 Å². The van der Waals surface area contributed by atoms with Gasteiger partial charge in [-0.05, 0) is 54.1 Å². The number of fused-ring (bicyclic) bond motifs is 1. The van der Waals surface area contributed by atoms with Crippen LogP contribution in [0.4, 0.5) is 0 Å². The molecule has 1 aromatic carbocycles. The van der Waals surface area contributed by atoms with Crippen molar-refractivity contribution in [1.29, 1.82) is 5.26 Å². The van der Waals surface area contributed by atoms with E-state index in [1.54, 1.807) is 6.20 Å². The smallest absolute Gasteiger partial charge is 0.222 e. The molecule has 4 rings (SSSR count). The minimum Gasteiger partial charge on any atom is -0.329 e. The Morgan fingerprint density at radius 1 is 1.29 bits per heavy atom. The monoisotopic (exact) mass is 336 g/mol. The lowest BCUT2D eigenvalue weighted by Gasteiger charge is -2.06. The fourth-order valence-electron chi connectivity index (χ4n) is 3.41. The maximum Gasteiger partial charge on any atom is 0.222 e. The fourth-order valence-corrected chi connectivity index (χ4v) is 3.55. The summed E-state index contributed by atoms with van der Waals surface area (Å²) in [6.45, 7) is 4.28. The van der Waals surface area contributed by atoms with Gasteiger partial charge in [0.25, 0.3) is 0 Å². The van der Waals surface area contributed by atoms with Crippen molar-refractivity contribution < 1.29 is 0 Å². The molecule has 0 aliphatic heterocycles. The molecule has 0 N–H and O–H groups in total. The molecule has 0 spiro atoms. The number of aromatic nitrogens is 3. The summed E-state index contributed by atoms with van der Waals surface area (Å²) in [6, 6.07) is 11.0. The summed E-state index contributed by atoms with van der Waals surface area (Å²) in [6.07, 6.45) is 3.97. The lowest BCUT2D eigenvalue weighted by molar-refractivity contribution is 0.749. The number of hydrogen-bond acceptors (Lipinski definition) is 3. The van der Waals surface area contributed by atoms with E-state index in [0.717, 1.165) is 46.3 Å². The van der Waals surface area contributed by atoms with E-state index in [0.29, 0.717) is 6.04 Å². The van der Waals surface area contributed by atoms with E-state index >= 15 is 0 Å². The number of hydrogen-bond donors (Lipinski definition) is 0. The molecular weight excluding hydrogens is 320 g/mol. The molecule has 0 amide bonds. The molecule has 3 aromatic rings. The van der Waals surface area contributed by atoms with Gasteiger partial charge in [-0.1, -0.05) is 19.9 Å². The molecule has 0 atom stereocenters. The molecule has 0 radical (unpaired) electrons. The maximum atomic E-state index is 9.74. The van der Waals surface area contributed by atoms with Gasteiger partial charge in [-0.2, -0.15) is 5.26 Å². The third-order valence-electron chi connectivity index (χ3n) is 4.56. The van der Waals surface area contributed by atoms with Crippen molar-refractivity contribution in [2.45, 2.75) is 38.6 Å². The molecule has 2 aromatic heterocycles. The third-order valence-corrected chi connectivity index (χ3v) is 4.74. The van der Waals surface area contributed by atoms with Crippen LogP contribution in [0.25, 0.3) is 22.2 Å². The number of benzene rings is 1. The summed E-state index contributed by atoms with van der Waals surface area (Å²) in [4.78, 5) is 8.25. The Hall–Kier alpha value is -2.38. The zero-order valence-electron chi connectivity index (χ0n) is 13.6. The van der Waals surface area contributed by atoms with E-state index in [9.17, 15) is 5.26 Å². The number of nitriles is 1. The van der Waals surface area contributed by atoms with E-state index in [4.69, 9.17) is 11.6 Å². The molecule has 5 heteroatoms. The molecule has 24 heavy (non-hydrogen) atoms. The van der Waals surface area contributed by atoms with Crippen LogP contribution in [0.3, 0.4) is 0 Å². The molecule has 1 aliphatic carbocycles. The first-order valence-corrected chi connectivity index (χ1v) is 8.54. The number of nitrogens with zero attached hydrogens (tertiary/aromatic N) is 4. The normalized spacial score (nSPS) is 14.3. The molecule has 1 fully saturated rings. The second kappa shape index (κ2) is 5.61. The van der Waals surface area contributed by atoms with Crippen LogP contribution in [0.5, 0.6) is 0 Å². The Bertz CT molecular complexity index is 977. The average Bonchev–Trinajstić information content (AvgIpc) is 3.34. The van der Waals surface area contributed by atoms with Crippen molar-refractivity contribution in [2.75, 3.05) is 0 Å². The van der Waals surface area contributed by atoms with Gasteiger partial charge < -0.3 is 4.57 Å². The van der Waals surface area contributed by atoms with Crippen LogP contribution in [-0.4, -0.2) is 14.5 Å². The Labute approximate surface area is 145 Å². The van der Waals surface area contributed by atoms with Gasteiger partial charge in [-0.25, -0.2) is 9.97 Å². The second-order valence-corrected chi connectivity index (χ2v) is 6.91. The van der Waals surface area contributed by atoms with Crippen LogP contribution in [0, 0.1) is 11.3 Å². The van der Waals surface area contributed by atoms with Gasteiger partial charge in [0.05, 0.1) is 5.69 Å². The predicted octanol–water partition coefficient (Wildman–Crippen LogP) is 5.08. The zero-order valence-corrected chi connectivity index (χ0v) is 14.4. The Kier molecular flexibility index (Phi) is 3.54. The minimum atomic E-state index is 0.241. The lowest BCUT2D eigenvalue weighted by Crippen LogP contribution is -1.99. The van der Waals surface area contributed by atoms with Crippen LogP contribution in [0.15, 0.2) is 30.5 Å². The van der Waals surface area contributed by atoms with Crippen molar-refractivity contribution in [2.24, 2.45) is 0 Å². The van der Waals surface area contributed by atoms with Gasteiger partial charge in [-0.15, -0.1) is 0 Å². The SMILES string of the molecule is CC(C)c1c(C#N)n(C2CC2)c2ccc(-c3ccnc(Cl)n3)cc12. The molecule has 1 saturated carbocycles. The minimum absolute atomic E-state index is 0.241. The van der Waals surface area contributed by atoms with E-state index in [1.165, 1.54) is 0 Å². The van der Waals surface area contributed by atoms with Gasteiger partial charge in [0.2, 0.25) is 5.28 Å². The number of halogens is 1. The Morgan fingerprint density at radius 2 is 2.08 bits per heavy atom. The molecule has 0 unspecified atom stereocenters. The zero-order chi connectivity index (χ0) is 16.8. The second-order valence-electron chi connectivity index (χ2n) is 6.57. The summed E-state index contributed by atoms with van der Waals surface area (Å²) >= 11 is 5.93. The standard InChI is InChI=1S/C19H17ClN4/c1-11(2)18-14-9-12(15-7-8-22-19(20)23-15)3-6-16(14)24(13-4-5-13)17(18)10-21/h3,6-9,11,13H,4-5H2,1-2H3. The predicted molar refractivity (Wildman–Crippen MR) is 95.0 cm³/mol. The highest BCUT2D eigenvalue weighted by atomic mass is 35.5. The van der Waals surface area contributed by atoms with Crippen molar-refractivity contribution in [3.05, 3.63) is 47.0 Å². The lowest BCUT2D eigenvalue weighted by atomic mass is 9.98. The first-order chi connectivity index (χ1) is 11.6. The fraction of sp³-hybridized carbons (Fsp3) is 0.316. The molecule has 1 aliphatic rings. The molecule has 4 nitrogen and oxygen atoms in total. The quantitative estimate of drug-likeness (QED) is 0.626. The summed E-state index contributed by atoms with van der Waals surface area (Å²) < 4.78 is 2.22. The van der Waals surface area contributed by atoms with Gasteiger partial charge in [0.1, 0.15) is 11.8 Å². The first kappa shape index (κ1) is 15.2. The van der Waals surface area contributed by atoms with Crippen LogP contribution in [0.2, 0.25) is 5.28 Å². The summed E-state index contributed by atoms with van der Waals surface area (Å²) in [5, 5.41) is 11.1. The molecule has 0 saturated heterocycles. The summed E-state index contributed by atoms with van der Waals surface area (Å²) in [7, 11) is 0. The highest BCUT2D eigenvalue weighted by Gasteiger charge is 2.30. The maximum absolute atomic E-state index is 9.74. The van der Waals surface area contributed by atoms with Crippen molar-refractivity contribution in [3.8, 4) is 17.3 Å². The number of rotatable bonds is 3. The van der Waals surface area contributed by atoms with Gasteiger partial charge in [-0.3, -0.25) is 0 Å². The Balaban J connectivity index is 1.99. The van der Waals surface area contributed by atoms with Crippen LogP contribution in [-0.2, 0) is 0 Å². The molecule has 120 valence electrons. The third kappa shape index (κ3) is 2.37. The van der Waals surface area contributed by atoms with E-state index in [2.05, 4.69) is 46.6 Å². The molecular formula is C19H17ClN4. The molecule has 2 heterocycles. The van der Waals surface area contributed by atoms with Crippen molar-refractivity contribution >= 4 is 22.5 Å². The largest absolute Gasteiger partial charge is 0.329 e. The van der Waals surface area contributed by atoms with Crippen LogP contribution in [0.1, 0.15) is 49.9 Å².